The summed E-state index contributed by atoms with van der Waals surface area (Å²) in [5, 5.41) is 8.28. The Morgan fingerprint density at radius 3 is 2.73 bits per heavy atom. The summed E-state index contributed by atoms with van der Waals surface area (Å²) in [6.45, 7) is 0. The van der Waals surface area contributed by atoms with Crippen LogP contribution in [0.4, 0.5) is 5.69 Å². The van der Waals surface area contributed by atoms with Gasteiger partial charge in [-0.05, 0) is 40.8 Å². The highest BCUT2D eigenvalue weighted by Crippen LogP contribution is 2.22. The molecule has 15 heavy (non-hydrogen) atoms. The van der Waals surface area contributed by atoms with E-state index in [0.717, 1.165) is 3.57 Å². The highest BCUT2D eigenvalue weighted by atomic mass is 127. The van der Waals surface area contributed by atoms with Crippen LogP contribution in [0.15, 0.2) is 18.2 Å². The van der Waals surface area contributed by atoms with E-state index in [2.05, 4.69) is 32.8 Å². The molecule has 0 aliphatic carbocycles. The maximum atomic E-state index is 11.0. The first-order valence-corrected chi connectivity index (χ1v) is 5.18. The fourth-order valence-electron chi connectivity index (χ4n) is 1.28. The summed E-state index contributed by atoms with van der Waals surface area (Å²) in [5.41, 5.74) is 11.8. The molecule has 1 aromatic heterocycles. The van der Waals surface area contributed by atoms with E-state index in [1.54, 1.807) is 6.07 Å². The van der Waals surface area contributed by atoms with Crippen LogP contribution in [-0.4, -0.2) is 16.1 Å². The predicted octanol–water partition coefficient (Wildman–Crippen LogP) is 0.915. The zero-order chi connectivity index (χ0) is 11.0. The van der Waals surface area contributed by atoms with Gasteiger partial charge in [0.15, 0.2) is 5.69 Å². The van der Waals surface area contributed by atoms with Crippen molar-refractivity contribution in [2.45, 2.75) is 0 Å². The lowest BCUT2D eigenvalue weighted by molar-refractivity contribution is 0.0996. The van der Waals surface area contributed by atoms with Gasteiger partial charge < -0.3 is 11.5 Å². The van der Waals surface area contributed by atoms with Crippen LogP contribution in [0.2, 0.25) is 0 Å². The van der Waals surface area contributed by atoms with E-state index in [9.17, 15) is 4.79 Å². The van der Waals surface area contributed by atoms with Crippen LogP contribution < -0.4 is 11.5 Å². The first-order valence-electron chi connectivity index (χ1n) is 4.11. The Labute approximate surface area is 99.0 Å². The fraction of sp³-hybridized carbons (Fsp3) is 0. The van der Waals surface area contributed by atoms with Gasteiger partial charge in [-0.1, -0.05) is 0 Å². The minimum Gasteiger partial charge on any atom is -0.396 e. The van der Waals surface area contributed by atoms with Gasteiger partial charge in [0, 0.05) is 8.96 Å². The van der Waals surface area contributed by atoms with Crippen LogP contribution in [0.1, 0.15) is 10.5 Å². The third-order valence-electron chi connectivity index (χ3n) is 2.00. The topological polar surface area (TPSA) is 94.9 Å². The van der Waals surface area contributed by atoms with Crippen molar-refractivity contribution in [3.8, 4) is 0 Å². The summed E-state index contributed by atoms with van der Waals surface area (Å²) < 4.78 is 1.03. The summed E-state index contributed by atoms with van der Waals surface area (Å²) in [5.74, 6) is -0.666. The summed E-state index contributed by atoms with van der Waals surface area (Å²) in [4.78, 5) is 11.0. The Bertz CT molecular complexity index is 555. The highest BCUT2D eigenvalue weighted by Gasteiger charge is 2.11. The molecule has 4 N–H and O–H groups in total. The molecule has 0 unspecified atom stereocenters. The Hall–Kier alpha value is -1.44. The first kappa shape index (κ1) is 10.1. The molecule has 0 spiro atoms. The van der Waals surface area contributed by atoms with Gasteiger partial charge in [-0.3, -0.25) is 4.79 Å². The molecular formula is C9H7IN4O. The predicted molar refractivity (Wildman–Crippen MR) is 65.2 cm³/mol. The van der Waals surface area contributed by atoms with E-state index in [4.69, 9.17) is 11.5 Å². The van der Waals surface area contributed by atoms with Gasteiger partial charge in [0.25, 0.3) is 5.91 Å². The highest BCUT2D eigenvalue weighted by molar-refractivity contribution is 14.1. The first-order chi connectivity index (χ1) is 7.09. The van der Waals surface area contributed by atoms with Gasteiger partial charge in [0.1, 0.15) is 0 Å². The van der Waals surface area contributed by atoms with E-state index >= 15 is 0 Å². The van der Waals surface area contributed by atoms with Gasteiger partial charge in [0.2, 0.25) is 0 Å². The number of benzene rings is 1. The normalized spacial score (nSPS) is 10.5. The summed E-state index contributed by atoms with van der Waals surface area (Å²) in [7, 11) is 0. The molecule has 0 saturated carbocycles. The molecule has 76 valence electrons. The Balaban J connectivity index is 2.80. The van der Waals surface area contributed by atoms with Crippen LogP contribution >= 0.6 is 22.6 Å². The number of nitrogens with zero attached hydrogens (tertiary/aromatic N) is 2. The van der Waals surface area contributed by atoms with Crippen molar-refractivity contribution in [2.75, 3.05) is 5.73 Å². The van der Waals surface area contributed by atoms with Crippen LogP contribution in [-0.2, 0) is 0 Å². The average Bonchev–Trinajstić information content (AvgIpc) is 2.17. The standard InChI is InChI=1S/C9H7IN4O/c10-4-1-2-5-6(3-4)13-14-8(7(5)11)9(12)15/h1-3H,(H2,11,13)(H2,12,15). The van der Waals surface area contributed by atoms with Crippen molar-refractivity contribution < 1.29 is 4.79 Å². The van der Waals surface area contributed by atoms with E-state index < -0.39 is 5.91 Å². The third kappa shape index (κ3) is 1.72. The van der Waals surface area contributed by atoms with Crippen LogP contribution in [0, 0.1) is 3.57 Å². The number of amides is 1. The zero-order valence-electron chi connectivity index (χ0n) is 7.57. The number of aromatic nitrogens is 2. The molecule has 0 atom stereocenters. The molecule has 2 rings (SSSR count). The van der Waals surface area contributed by atoms with Crippen molar-refractivity contribution in [1.29, 1.82) is 0 Å². The summed E-state index contributed by atoms with van der Waals surface area (Å²) in [6, 6.07) is 5.52. The number of anilines is 1. The number of halogens is 1. The summed E-state index contributed by atoms with van der Waals surface area (Å²) in [6.07, 6.45) is 0. The molecular weight excluding hydrogens is 307 g/mol. The van der Waals surface area contributed by atoms with Crippen LogP contribution in [0.5, 0.6) is 0 Å². The van der Waals surface area contributed by atoms with E-state index in [-0.39, 0.29) is 11.4 Å². The van der Waals surface area contributed by atoms with Crippen LogP contribution in [0.3, 0.4) is 0 Å². The monoisotopic (exact) mass is 314 g/mol. The van der Waals surface area contributed by atoms with Gasteiger partial charge in [-0.25, -0.2) is 0 Å². The Morgan fingerprint density at radius 1 is 1.33 bits per heavy atom. The number of nitrogen functional groups attached to an aromatic ring is 1. The molecule has 5 nitrogen and oxygen atoms in total. The molecule has 0 fully saturated rings. The smallest absolute Gasteiger partial charge is 0.271 e. The zero-order valence-corrected chi connectivity index (χ0v) is 9.72. The molecule has 0 radical (unpaired) electrons. The van der Waals surface area contributed by atoms with Crippen molar-refractivity contribution in [1.82, 2.24) is 10.2 Å². The Morgan fingerprint density at radius 2 is 2.07 bits per heavy atom. The van der Waals surface area contributed by atoms with E-state index in [1.165, 1.54) is 0 Å². The van der Waals surface area contributed by atoms with E-state index in [1.807, 2.05) is 12.1 Å². The SMILES string of the molecule is NC(=O)c1nnc2cc(I)ccc2c1N. The minimum atomic E-state index is -0.666. The second-order valence-corrected chi connectivity index (χ2v) is 4.23. The number of fused-ring (bicyclic) bond motifs is 1. The lowest BCUT2D eigenvalue weighted by Crippen LogP contribution is -2.16. The number of hydrogen-bond acceptors (Lipinski definition) is 4. The average molecular weight is 314 g/mol. The molecule has 6 heteroatoms. The molecule has 1 heterocycles. The maximum Gasteiger partial charge on any atom is 0.271 e. The number of primary amides is 1. The number of carbonyl (C=O) groups excluding carboxylic acids is 1. The lowest BCUT2D eigenvalue weighted by atomic mass is 10.1. The summed E-state index contributed by atoms with van der Waals surface area (Å²) >= 11 is 2.16. The number of nitrogens with two attached hydrogens (primary N) is 2. The number of hydrogen-bond donors (Lipinski definition) is 2. The second-order valence-electron chi connectivity index (χ2n) is 2.99. The second kappa shape index (κ2) is 3.61. The van der Waals surface area contributed by atoms with Crippen molar-refractivity contribution in [3.05, 3.63) is 27.5 Å². The number of carbonyl (C=O) groups is 1. The van der Waals surface area contributed by atoms with Gasteiger partial charge in [0.05, 0.1) is 11.2 Å². The Kier molecular flexibility index (Phi) is 2.43. The third-order valence-corrected chi connectivity index (χ3v) is 2.67. The minimum absolute atomic E-state index is 0.0173. The van der Waals surface area contributed by atoms with Gasteiger partial charge >= 0.3 is 0 Å². The van der Waals surface area contributed by atoms with Gasteiger partial charge in [-0.2, -0.15) is 0 Å². The molecule has 1 aromatic carbocycles. The largest absolute Gasteiger partial charge is 0.396 e. The van der Waals surface area contributed by atoms with Crippen molar-refractivity contribution in [3.63, 3.8) is 0 Å². The van der Waals surface area contributed by atoms with E-state index in [0.29, 0.717) is 10.9 Å². The molecule has 0 saturated heterocycles. The number of rotatable bonds is 1. The molecule has 1 amide bonds. The van der Waals surface area contributed by atoms with Crippen molar-refractivity contribution in [2.24, 2.45) is 5.73 Å². The molecule has 0 aliphatic rings. The fourth-order valence-corrected chi connectivity index (χ4v) is 1.76. The van der Waals surface area contributed by atoms with Crippen molar-refractivity contribution >= 4 is 45.1 Å². The molecule has 0 aliphatic heterocycles. The molecule has 2 aromatic rings. The molecule has 0 bridgehead atoms. The maximum absolute atomic E-state index is 11.0. The van der Waals surface area contributed by atoms with Gasteiger partial charge in [-0.15, -0.1) is 10.2 Å². The van der Waals surface area contributed by atoms with Crippen LogP contribution in [0.25, 0.3) is 10.9 Å². The lowest BCUT2D eigenvalue weighted by Gasteiger charge is -2.04. The quantitative estimate of drug-likeness (QED) is 0.765.